The van der Waals surface area contributed by atoms with Crippen LogP contribution in [0.4, 0.5) is 10.1 Å². The zero-order chi connectivity index (χ0) is 15.8. The Balaban J connectivity index is 1.69. The highest BCUT2D eigenvalue weighted by Gasteiger charge is 2.20. The van der Waals surface area contributed by atoms with E-state index in [9.17, 15) is 4.39 Å². The Morgan fingerprint density at radius 3 is 2.86 bits per heavy atom. The Bertz CT molecular complexity index is 485. The zero-order valence-electron chi connectivity index (χ0n) is 13.6. The van der Waals surface area contributed by atoms with E-state index in [2.05, 4.69) is 27.4 Å². The minimum Gasteiger partial charge on any atom is -0.374 e. The van der Waals surface area contributed by atoms with E-state index in [4.69, 9.17) is 0 Å². The van der Waals surface area contributed by atoms with Crippen molar-refractivity contribution in [3.63, 3.8) is 0 Å². The average molecular weight is 306 g/mol. The second-order valence-electron chi connectivity index (χ2n) is 5.84. The molecule has 2 rings (SSSR count). The molecule has 1 aliphatic carbocycles. The van der Waals surface area contributed by atoms with Gasteiger partial charge in [0.25, 0.3) is 0 Å². The standard InChI is InChI=1S/C17H27FN4/c1-3-19-17(21-13-14-8-9-14)20-10-5-11-22(2)16-7-4-6-15(18)12-16/h4,6-7,12,14H,3,5,8-11,13H2,1-2H3,(H2,19,20,21). The van der Waals surface area contributed by atoms with Crippen LogP contribution in [0.15, 0.2) is 29.3 Å². The van der Waals surface area contributed by atoms with Gasteiger partial charge in [0.1, 0.15) is 5.82 Å². The number of guanidine groups is 1. The minimum absolute atomic E-state index is 0.191. The number of anilines is 1. The third-order valence-electron chi connectivity index (χ3n) is 3.76. The van der Waals surface area contributed by atoms with Crippen molar-refractivity contribution in [2.24, 2.45) is 10.9 Å². The number of nitrogens with zero attached hydrogens (tertiary/aromatic N) is 2. The topological polar surface area (TPSA) is 39.7 Å². The van der Waals surface area contributed by atoms with Gasteiger partial charge in [-0.3, -0.25) is 4.99 Å². The summed E-state index contributed by atoms with van der Waals surface area (Å²) in [6.07, 6.45) is 3.61. The Labute approximate surface area is 132 Å². The molecule has 1 aliphatic rings. The fourth-order valence-corrected chi connectivity index (χ4v) is 2.23. The van der Waals surface area contributed by atoms with Gasteiger partial charge in [0.05, 0.1) is 0 Å². The van der Waals surface area contributed by atoms with Gasteiger partial charge in [-0.05, 0) is 50.3 Å². The van der Waals surface area contributed by atoms with Gasteiger partial charge in [-0.25, -0.2) is 4.39 Å². The van der Waals surface area contributed by atoms with Crippen molar-refractivity contribution in [1.82, 2.24) is 10.6 Å². The van der Waals surface area contributed by atoms with Crippen LogP contribution < -0.4 is 15.5 Å². The van der Waals surface area contributed by atoms with E-state index < -0.39 is 0 Å². The van der Waals surface area contributed by atoms with Gasteiger partial charge in [-0.15, -0.1) is 0 Å². The van der Waals surface area contributed by atoms with E-state index in [0.29, 0.717) is 0 Å². The first-order chi connectivity index (χ1) is 10.7. The summed E-state index contributed by atoms with van der Waals surface area (Å²) in [5, 5.41) is 6.63. The SMILES string of the molecule is CCNC(=NCC1CC1)NCCCN(C)c1cccc(F)c1. The van der Waals surface area contributed by atoms with E-state index in [1.807, 2.05) is 13.1 Å². The molecule has 1 aromatic carbocycles. The predicted octanol–water partition coefficient (Wildman–Crippen LogP) is 2.62. The number of aliphatic imine (C=N–C) groups is 1. The van der Waals surface area contributed by atoms with Crippen LogP contribution in [0, 0.1) is 11.7 Å². The summed E-state index contributed by atoms with van der Waals surface area (Å²) in [6, 6.07) is 6.71. The molecule has 0 atom stereocenters. The summed E-state index contributed by atoms with van der Waals surface area (Å²) >= 11 is 0. The van der Waals surface area contributed by atoms with Gasteiger partial charge in [0.2, 0.25) is 0 Å². The van der Waals surface area contributed by atoms with Crippen LogP contribution in [0.1, 0.15) is 26.2 Å². The van der Waals surface area contributed by atoms with E-state index >= 15 is 0 Å². The van der Waals surface area contributed by atoms with Crippen molar-refractivity contribution in [3.05, 3.63) is 30.1 Å². The quantitative estimate of drug-likeness (QED) is 0.441. The van der Waals surface area contributed by atoms with E-state index in [1.54, 1.807) is 12.1 Å². The van der Waals surface area contributed by atoms with Crippen molar-refractivity contribution in [1.29, 1.82) is 0 Å². The molecule has 0 aliphatic heterocycles. The van der Waals surface area contributed by atoms with Crippen LogP contribution in [0.25, 0.3) is 0 Å². The van der Waals surface area contributed by atoms with Crippen molar-refractivity contribution >= 4 is 11.6 Å². The molecule has 0 saturated heterocycles. The first kappa shape index (κ1) is 16.6. The molecule has 2 N–H and O–H groups in total. The van der Waals surface area contributed by atoms with Crippen LogP contribution >= 0.6 is 0 Å². The lowest BCUT2D eigenvalue weighted by Crippen LogP contribution is -2.38. The first-order valence-corrected chi connectivity index (χ1v) is 8.18. The summed E-state index contributed by atoms with van der Waals surface area (Å²) in [4.78, 5) is 6.66. The molecule has 0 aromatic heterocycles. The first-order valence-electron chi connectivity index (χ1n) is 8.18. The molecule has 1 saturated carbocycles. The maximum atomic E-state index is 13.2. The Morgan fingerprint density at radius 1 is 1.36 bits per heavy atom. The van der Waals surface area contributed by atoms with Crippen molar-refractivity contribution in [2.75, 3.05) is 38.1 Å². The number of nitrogens with one attached hydrogen (secondary N) is 2. The summed E-state index contributed by atoms with van der Waals surface area (Å²) in [5.74, 6) is 1.52. The molecule has 1 fully saturated rings. The highest BCUT2D eigenvalue weighted by Crippen LogP contribution is 2.28. The van der Waals surface area contributed by atoms with Gasteiger partial charge >= 0.3 is 0 Å². The summed E-state index contributed by atoms with van der Waals surface area (Å²) < 4.78 is 13.2. The van der Waals surface area contributed by atoms with E-state index in [1.165, 1.54) is 18.9 Å². The van der Waals surface area contributed by atoms with Gasteiger partial charge in [-0.1, -0.05) is 6.07 Å². The monoisotopic (exact) mass is 306 g/mol. The van der Waals surface area contributed by atoms with Crippen LogP contribution in [-0.4, -0.2) is 39.2 Å². The molecule has 122 valence electrons. The smallest absolute Gasteiger partial charge is 0.191 e. The molecule has 0 amide bonds. The van der Waals surface area contributed by atoms with Crippen LogP contribution in [0.3, 0.4) is 0 Å². The molecule has 1 aromatic rings. The van der Waals surface area contributed by atoms with E-state index in [0.717, 1.165) is 50.2 Å². The lowest BCUT2D eigenvalue weighted by Gasteiger charge is -2.19. The maximum Gasteiger partial charge on any atom is 0.191 e. The molecule has 0 spiro atoms. The number of rotatable bonds is 8. The molecular formula is C17H27FN4. The van der Waals surface area contributed by atoms with Crippen molar-refractivity contribution in [2.45, 2.75) is 26.2 Å². The number of hydrogen-bond acceptors (Lipinski definition) is 2. The summed E-state index contributed by atoms with van der Waals surface area (Å²) in [7, 11) is 1.99. The third kappa shape index (κ3) is 5.92. The summed E-state index contributed by atoms with van der Waals surface area (Å²) in [6.45, 7) is 5.61. The molecule has 0 heterocycles. The minimum atomic E-state index is -0.191. The third-order valence-corrected chi connectivity index (χ3v) is 3.76. The highest BCUT2D eigenvalue weighted by atomic mass is 19.1. The maximum absolute atomic E-state index is 13.2. The number of hydrogen-bond donors (Lipinski definition) is 2. The van der Waals surface area contributed by atoms with Crippen molar-refractivity contribution < 1.29 is 4.39 Å². The highest BCUT2D eigenvalue weighted by molar-refractivity contribution is 5.79. The molecule has 22 heavy (non-hydrogen) atoms. The van der Waals surface area contributed by atoms with Gasteiger partial charge < -0.3 is 15.5 Å². The predicted molar refractivity (Wildman–Crippen MR) is 91.0 cm³/mol. The Morgan fingerprint density at radius 2 is 2.18 bits per heavy atom. The van der Waals surface area contributed by atoms with Crippen LogP contribution in [0.2, 0.25) is 0 Å². The van der Waals surface area contributed by atoms with Crippen molar-refractivity contribution in [3.8, 4) is 0 Å². The van der Waals surface area contributed by atoms with Crippen LogP contribution in [0.5, 0.6) is 0 Å². The van der Waals surface area contributed by atoms with Gasteiger partial charge in [0.15, 0.2) is 5.96 Å². The van der Waals surface area contributed by atoms with E-state index in [-0.39, 0.29) is 5.82 Å². The largest absolute Gasteiger partial charge is 0.374 e. The zero-order valence-corrected chi connectivity index (χ0v) is 13.6. The lowest BCUT2D eigenvalue weighted by molar-refractivity contribution is 0.626. The Kier molecular flexibility index (Phi) is 6.49. The second-order valence-corrected chi connectivity index (χ2v) is 5.84. The normalized spacial score (nSPS) is 14.8. The van der Waals surface area contributed by atoms with Gasteiger partial charge in [0, 0.05) is 38.9 Å². The second kappa shape index (κ2) is 8.61. The average Bonchev–Trinajstić information content (AvgIpc) is 3.33. The Hall–Kier alpha value is -1.78. The number of benzene rings is 1. The molecule has 0 unspecified atom stereocenters. The number of halogens is 1. The van der Waals surface area contributed by atoms with Crippen LogP contribution in [-0.2, 0) is 0 Å². The summed E-state index contributed by atoms with van der Waals surface area (Å²) in [5.41, 5.74) is 0.911. The fraction of sp³-hybridized carbons (Fsp3) is 0.588. The molecule has 0 bridgehead atoms. The van der Waals surface area contributed by atoms with Gasteiger partial charge in [-0.2, -0.15) is 0 Å². The molecule has 0 radical (unpaired) electrons. The molecular weight excluding hydrogens is 279 g/mol. The molecule has 5 heteroatoms. The molecule has 4 nitrogen and oxygen atoms in total. The fourth-order valence-electron chi connectivity index (χ4n) is 2.23. The lowest BCUT2D eigenvalue weighted by atomic mass is 10.2.